The van der Waals surface area contributed by atoms with E-state index in [-0.39, 0.29) is 11.8 Å². The number of nitrogens with two attached hydrogens (primary N) is 1. The zero-order valence-electron chi connectivity index (χ0n) is 11.5. The quantitative estimate of drug-likeness (QED) is 0.449. The Labute approximate surface area is 115 Å². The standard InChI is InChI=1S/C16H22N2O/c1-3-4-5-6-11-18-16(19)12-13(2)14-7-9-15(17)10-8-14/h1,7-10,13H,4-6,11-12,17H2,2H3,(H,18,19). The van der Waals surface area contributed by atoms with Crippen LogP contribution < -0.4 is 11.1 Å². The Kier molecular flexibility index (Phi) is 6.52. The second-order valence-electron chi connectivity index (χ2n) is 4.78. The van der Waals surface area contributed by atoms with Gasteiger partial charge in [0.15, 0.2) is 0 Å². The van der Waals surface area contributed by atoms with Crippen molar-refractivity contribution in [3.05, 3.63) is 29.8 Å². The average Bonchev–Trinajstić information content (AvgIpc) is 2.39. The minimum atomic E-state index is 0.0880. The summed E-state index contributed by atoms with van der Waals surface area (Å²) in [5.41, 5.74) is 7.52. The zero-order chi connectivity index (χ0) is 14.1. The van der Waals surface area contributed by atoms with E-state index >= 15 is 0 Å². The maximum Gasteiger partial charge on any atom is 0.220 e. The molecule has 0 saturated heterocycles. The molecule has 0 bridgehead atoms. The van der Waals surface area contributed by atoms with Gasteiger partial charge in [-0.05, 0) is 36.5 Å². The minimum Gasteiger partial charge on any atom is -0.399 e. The summed E-state index contributed by atoms with van der Waals surface area (Å²) < 4.78 is 0. The lowest BCUT2D eigenvalue weighted by atomic mass is 9.97. The highest BCUT2D eigenvalue weighted by Gasteiger charge is 2.10. The molecule has 0 aliphatic heterocycles. The summed E-state index contributed by atoms with van der Waals surface area (Å²) in [5, 5.41) is 2.92. The number of amides is 1. The van der Waals surface area contributed by atoms with Crippen LogP contribution in [0.2, 0.25) is 0 Å². The Bertz CT molecular complexity index is 431. The monoisotopic (exact) mass is 258 g/mol. The molecule has 1 aromatic carbocycles. The number of unbranched alkanes of at least 4 members (excludes halogenated alkanes) is 2. The predicted molar refractivity (Wildman–Crippen MR) is 79.6 cm³/mol. The maximum absolute atomic E-state index is 11.8. The van der Waals surface area contributed by atoms with Crippen molar-refractivity contribution in [3.8, 4) is 12.3 Å². The molecule has 0 aliphatic rings. The number of benzene rings is 1. The summed E-state index contributed by atoms with van der Waals surface area (Å²) in [6, 6.07) is 7.67. The third kappa shape index (κ3) is 5.96. The Morgan fingerprint density at radius 2 is 2.05 bits per heavy atom. The third-order valence-corrected chi connectivity index (χ3v) is 3.07. The number of nitrogen functional groups attached to an aromatic ring is 1. The van der Waals surface area contributed by atoms with Crippen LogP contribution in [0, 0.1) is 12.3 Å². The Morgan fingerprint density at radius 1 is 1.37 bits per heavy atom. The normalized spacial score (nSPS) is 11.6. The van der Waals surface area contributed by atoms with Crippen molar-refractivity contribution < 1.29 is 4.79 Å². The number of terminal acetylenes is 1. The Morgan fingerprint density at radius 3 is 2.68 bits per heavy atom. The first-order valence-corrected chi connectivity index (χ1v) is 6.69. The molecule has 0 radical (unpaired) electrons. The van der Waals surface area contributed by atoms with E-state index in [1.807, 2.05) is 31.2 Å². The van der Waals surface area contributed by atoms with Gasteiger partial charge >= 0.3 is 0 Å². The fourth-order valence-corrected chi connectivity index (χ4v) is 1.87. The summed E-state index contributed by atoms with van der Waals surface area (Å²) in [7, 11) is 0. The van der Waals surface area contributed by atoms with Gasteiger partial charge in [-0.25, -0.2) is 0 Å². The lowest BCUT2D eigenvalue weighted by molar-refractivity contribution is -0.121. The molecule has 1 amide bonds. The molecule has 0 heterocycles. The van der Waals surface area contributed by atoms with Crippen LogP contribution in [0.1, 0.15) is 44.1 Å². The van der Waals surface area contributed by atoms with E-state index in [9.17, 15) is 4.79 Å². The molecule has 1 rings (SSSR count). The molecule has 0 saturated carbocycles. The molecular weight excluding hydrogens is 236 g/mol. The molecule has 0 aromatic heterocycles. The smallest absolute Gasteiger partial charge is 0.220 e. The highest BCUT2D eigenvalue weighted by molar-refractivity contribution is 5.76. The fourth-order valence-electron chi connectivity index (χ4n) is 1.87. The van der Waals surface area contributed by atoms with Crippen molar-refractivity contribution in [2.45, 2.75) is 38.5 Å². The van der Waals surface area contributed by atoms with E-state index < -0.39 is 0 Å². The van der Waals surface area contributed by atoms with Crippen LogP contribution in [0.4, 0.5) is 5.69 Å². The average molecular weight is 258 g/mol. The van der Waals surface area contributed by atoms with Crippen molar-refractivity contribution in [1.82, 2.24) is 5.32 Å². The number of hydrogen-bond donors (Lipinski definition) is 2. The lowest BCUT2D eigenvalue weighted by Gasteiger charge is -2.12. The van der Waals surface area contributed by atoms with Gasteiger partial charge in [-0.15, -0.1) is 12.3 Å². The largest absolute Gasteiger partial charge is 0.399 e. The molecule has 19 heavy (non-hydrogen) atoms. The van der Waals surface area contributed by atoms with Crippen LogP contribution in [0.15, 0.2) is 24.3 Å². The zero-order valence-corrected chi connectivity index (χ0v) is 11.5. The van der Waals surface area contributed by atoms with Crippen molar-refractivity contribution in [2.75, 3.05) is 12.3 Å². The van der Waals surface area contributed by atoms with Crippen LogP contribution in [-0.2, 0) is 4.79 Å². The van der Waals surface area contributed by atoms with E-state index in [4.69, 9.17) is 12.2 Å². The molecule has 1 unspecified atom stereocenters. The van der Waals surface area contributed by atoms with Crippen LogP contribution in [0.3, 0.4) is 0 Å². The molecule has 0 fully saturated rings. The minimum absolute atomic E-state index is 0.0880. The van der Waals surface area contributed by atoms with Crippen LogP contribution in [0.25, 0.3) is 0 Å². The highest BCUT2D eigenvalue weighted by atomic mass is 16.1. The molecule has 0 spiro atoms. The Hall–Kier alpha value is -1.95. The topological polar surface area (TPSA) is 55.1 Å². The Balaban J connectivity index is 2.28. The van der Waals surface area contributed by atoms with Gasteiger partial charge in [0.05, 0.1) is 0 Å². The van der Waals surface area contributed by atoms with Gasteiger partial charge in [-0.3, -0.25) is 4.79 Å². The van der Waals surface area contributed by atoms with Gasteiger partial charge < -0.3 is 11.1 Å². The molecule has 3 N–H and O–H groups in total. The maximum atomic E-state index is 11.8. The van der Waals surface area contributed by atoms with Crippen LogP contribution in [0.5, 0.6) is 0 Å². The molecule has 1 aromatic rings. The summed E-state index contributed by atoms with van der Waals surface area (Å²) in [5.74, 6) is 2.88. The van der Waals surface area contributed by atoms with Crippen molar-refractivity contribution in [2.24, 2.45) is 0 Å². The SMILES string of the molecule is C#CCCCCNC(=O)CC(C)c1ccc(N)cc1. The summed E-state index contributed by atoms with van der Waals surface area (Å²) >= 11 is 0. The highest BCUT2D eigenvalue weighted by Crippen LogP contribution is 2.19. The molecule has 0 aliphatic carbocycles. The molecule has 3 heteroatoms. The van der Waals surface area contributed by atoms with Gasteiger partial charge in [0.25, 0.3) is 0 Å². The lowest BCUT2D eigenvalue weighted by Crippen LogP contribution is -2.25. The first kappa shape index (κ1) is 15.1. The number of carbonyl (C=O) groups is 1. The fraction of sp³-hybridized carbons (Fsp3) is 0.438. The predicted octanol–water partition coefficient (Wildman–Crippen LogP) is 2.68. The van der Waals surface area contributed by atoms with E-state index in [1.54, 1.807) is 0 Å². The van der Waals surface area contributed by atoms with Gasteiger partial charge in [-0.1, -0.05) is 19.1 Å². The number of rotatable bonds is 7. The number of anilines is 1. The van der Waals surface area contributed by atoms with Crippen molar-refractivity contribution in [3.63, 3.8) is 0 Å². The molecule has 102 valence electrons. The van der Waals surface area contributed by atoms with Gasteiger partial charge in [0, 0.05) is 25.1 Å². The molecule has 1 atom stereocenters. The number of hydrogen-bond acceptors (Lipinski definition) is 2. The second-order valence-corrected chi connectivity index (χ2v) is 4.78. The van der Waals surface area contributed by atoms with Gasteiger partial charge in [-0.2, -0.15) is 0 Å². The molecule has 3 nitrogen and oxygen atoms in total. The summed E-state index contributed by atoms with van der Waals surface area (Å²) in [6.45, 7) is 2.75. The van der Waals surface area contributed by atoms with Crippen molar-refractivity contribution in [1.29, 1.82) is 0 Å². The first-order chi connectivity index (χ1) is 9.13. The van der Waals surface area contributed by atoms with E-state index in [0.717, 1.165) is 30.5 Å². The summed E-state index contributed by atoms with van der Waals surface area (Å²) in [6.07, 6.45) is 8.34. The first-order valence-electron chi connectivity index (χ1n) is 6.69. The third-order valence-electron chi connectivity index (χ3n) is 3.07. The van der Waals surface area contributed by atoms with Crippen LogP contribution >= 0.6 is 0 Å². The van der Waals surface area contributed by atoms with E-state index in [1.165, 1.54) is 0 Å². The second kappa shape index (κ2) is 8.20. The molecular formula is C16H22N2O. The van der Waals surface area contributed by atoms with Crippen LogP contribution in [-0.4, -0.2) is 12.5 Å². The van der Waals surface area contributed by atoms with E-state index in [2.05, 4.69) is 11.2 Å². The summed E-state index contributed by atoms with van der Waals surface area (Å²) in [4.78, 5) is 11.8. The number of carbonyl (C=O) groups excluding carboxylic acids is 1. The number of nitrogens with one attached hydrogen (secondary N) is 1. The van der Waals surface area contributed by atoms with Gasteiger partial charge in [0.2, 0.25) is 5.91 Å². The van der Waals surface area contributed by atoms with Crippen molar-refractivity contribution >= 4 is 11.6 Å². The van der Waals surface area contributed by atoms with E-state index in [0.29, 0.717) is 13.0 Å². The van der Waals surface area contributed by atoms with Gasteiger partial charge in [0.1, 0.15) is 0 Å².